The van der Waals surface area contributed by atoms with Gasteiger partial charge in [0.25, 0.3) is 5.91 Å². The Morgan fingerprint density at radius 1 is 0.926 bits per heavy atom. The monoisotopic (exact) mass is 390 g/mol. The maximum absolute atomic E-state index is 13.3. The van der Waals surface area contributed by atoms with Crippen molar-refractivity contribution in [3.63, 3.8) is 0 Å². The molecule has 0 saturated carbocycles. The van der Waals surface area contributed by atoms with Crippen molar-refractivity contribution < 1.29 is 17.6 Å². The number of nitrogens with zero attached hydrogens (tertiary/aromatic N) is 2. The van der Waals surface area contributed by atoms with Crippen molar-refractivity contribution in [1.29, 1.82) is 0 Å². The fourth-order valence-corrected chi connectivity index (χ4v) is 5.53. The Morgan fingerprint density at radius 2 is 1.48 bits per heavy atom. The molecule has 1 aliphatic heterocycles. The largest absolute Gasteiger partial charge is 0.456 e. The van der Waals surface area contributed by atoms with Crippen molar-refractivity contribution in [3.05, 3.63) is 52.0 Å². The number of sulfonamides is 1. The van der Waals surface area contributed by atoms with Gasteiger partial charge in [0, 0.05) is 26.2 Å². The summed E-state index contributed by atoms with van der Waals surface area (Å²) < 4.78 is 33.5. The molecule has 1 amide bonds. The number of benzene rings is 1. The van der Waals surface area contributed by atoms with Crippen LogP contribution in [0.3, 0.4) is 0 Å². The summed E-state index contributed by atoms with van der Waals surface area (Å²) in [6.45, 7) is 10.6. The predicted octanol–water partition coefficient (Wildman–Crippen LogP) is 2.97. The van der Waals surface area contributed by atoms with Crippen molar-refractivity contribution >= 4 is 15.9 Å². The van der Waals surface area contributed by atoms with Crippen molar-refractivity contribution in [1.82, 2.24) is 9.21 Å². The molecule has 0 atom stereocenters. The second-order valence-electron chi connectivity index (χ2n) is 7.20. The third-order valence-electron chi connectivity index (χ3n) is 5.37. The van der Waals surface area contributed by atoms with Gasteiger partial charge in [0.05, 0.1) is 4.90 Å². The van der Waals surface area contributed by atoms with E-state index in [1.807, 2.05) is 33.8 Å². The molecule has 146 valence electrons. The molecule has 27 heavy (non-hydrogen) atoms. The molecule has 7 heteroatoms. The van der Waals surface area contributed by atoms with Crippen molar-refractivity contribution in [2.75, 3.05) is 26.2 Å². The van der Waals surface area contributed by atoms with Crippen LogP contribution in [-0.2, 0) is 10.0 Å². The average Bonchev–Trinajstić information content (AvgIpc) is 3.06. The second-order valence-corrected chi connectivity index (χ2v) is 9.07. The highest BCUT2D eigenvalue weighted by molar-refractivity contribution is 7.89. The fourth-order valence-electron chi connectivity index (χ4n) is 3.53. The number of furan rings is 1. The SMILES string of the molecule is Cc1ccc(C(=O)N2CCN(S(=O)(=O)c3c(C)c(C)cc(C)c3C)CC2)o1. The molecule has 0 unspecified atom stereocenters. The number of rotatable bonds is 3. The molecule has 1 saturated heterocycles. The lowest BCUT2D eigenvalue weighted by Crippen LogP contribution is -2.50. The molecule has 3 rings (SSSR count). The van der Waals surface area contributed by atoms with E-state index in [0.717, 1.165) is 22.3 Å². The van der Waals surface area contributed by atoms with Gasteiger partial charge in [-0.25, -0.2) is 8.42 Å². The smallest absolute Gasteiger partial charge is 0.289 e. The van der Waals surface area contributed by atoms with E-state index in [1.54, 1.807) is 24.0 Å². The highest BCUT2D eigenvalue weighted by Crippen LogP contribution is 2.29. The average molecular weight is 391 g/mol. The van der Waals surface area contributed by atoms with Gasteiger partial charge in [-0.05, 0) is 69.0 Å². The van der Waals surface area contributed by atoms with Crippen LogP contribution in [0.15, 0.2) is 27.5 Å². The van der Waals surface area contributed by atoms with Gasteiger partial charge in [0.15, 0.2) is 5.76 Å². The van der Waals surface area contributed by atoms with Crippen LogP contribution in [0.4, 0.5) is 0 Å². The minimum atomic E-state index is -3.61. The first kappa shape index (κ1) is 19.6. The Bertz CT molecular complexity index is 957. The summed E-state index contributed by atoms with van der Waals surface area (Å²) in [4.78, 5) is 14.5. The summed E-state index contributed by atoms with van der Waals surface area (Å²) >= 11 is 0. The summed E-state index contributed by atoms with van der Waals surface area (Å²) in [5, 5.41) is 0. The normalized spacial score (nSPS) is 16.0. The van der Waals surface area contributed by atoms with Crippen LogP contribution in [0, 0.1) is 34.6 Å². The molecule has 1 fully saturated rings. The Hall–Kier alpha value is -2.12. The molecule has 0 radical (unpaired) electrons. The third-order valence-corrected chi connectivity index (χ3v) is 7.55. The maximum atomic E-state index is 13.3. The molecule has 0 spiro atoms. The number of hydrogen-bond donors (Lipinski definition) is 0. The van der Waals surface area contributed by atoms with Gasteiger partial charge >= 0.3 is 0 Å². The number of hydrogen-bond acceptors (Lipinski definition) is 4. The van der Waals surface area contributed by atoms with E-state index >= 15 is 0 Å². The highest BCUT2D eigenvalue weighted by atomic mass is 32.2. The minimum Gasteiger partial charge on any atom is -0.456 e. The Labute approximate surface area is 160 Å². The zero-order valence-electron chi connectivity index (χ0n) is 16.5. The molecule has 1 aliphatic rings. The summed E-state index contributed by atoms with van der Waals surface area (Å²) in [7, 11) is -3.61. The van der Waals surface area contributed by atoms with E-state index in [0.29, 0.717) is 29.5 Å². The molecule has 6 nitrogen and oxygen atoms in total. The van der Waals surface area contributed by atoms with Gasteiger partial charge in [-0.3, -0.25) is 4.79 Å². The molecule has 1 aromatic heterocycles. The van der Waals surface area contributed by atoms with Gasteiger partial charge in [-0.15, -0.1) is 0 Å². The number of amides is 1. The first-order valence-corrected chi connectivity index (χ1v) is 10.5. The standard InChI is InChI=1S/C20H26N2O4S/c1-13-12-14(2)17(5)19(16(13)4)27(24,25)22-10-8-21(9-11-22)20(23)18-7-6-15(3)26-18/h6-7,12H,8-11H2,1-5H3. The lowest BCUT2D eigenvalue weighted by atomic mass is 10.0. The highest BCUT2D eigenvalue weighted by Gasteiger charge is 2.33. The quantitative estimate of drug-likeness (QED) is 0.808. The van der Waals surface area contributed by atoms with E-state index < -0.39 is 10.0 Å². The van der Waals surface area contributed by atoms with Gasteiger partial charge in [-0.2, -0.15) is 4.31 Å². The van der Waals surface area contributed by atoms with E-state index in [4.69, 9.17) is 4.42 Å². The first-order valence-electron chi connectivity index (χ1n) is 9.06. The molecular weight excluding hydrogens is 364 g/mol. The fraction of sp³-hybridized carbons (Fsp3) is 0.450. The van der Waals surface area contributed by atoms with Crippen LogP contribution >= 0.6 is 0 Å². The number of carbonyl (C=O) groups excluding carboxylic acids is 1. The molecular formula is C20H26N2O4S. The topological polar surface area (TPSA) is 70.8 Å². The van der Waals surface area contributed by atoms with Crippen molar-refractivity contribution in [3.8, 4) is 0 Å². The summed E-state index contributed by atoms with van der Waals surface area (Å²) in [5.74, 6) is 0.782. The Morgan fingerprint density at radius 3 is 1.96 bits per heavy atom. The molecule has 0 aliphatic carbocycles. The van der Waals surface area contributed by atoms with E-state index in [1.165, 1.54) is 4.31 Å². The van der Waals surface area contributed by atoms with Crippen LogP contribution < -0.4 is 0 Å². The molecule has 2 heterocycles. The van der Waals surface area contributed by atoms with Crippen LogP contribution in [0.2, 0.25) is 0 Å². The van der Waals surface area contributed by atoms with Gasteiger partial charge in [-0.1, -0.05) is 6.07 Å². The predicted molar refractivity (Wildman–Crippen MR) is 103 cm³/mol. The lowest BCUT2D eigenvalue weighted by Gasteiger charge is -2.34. The number of piperazine rings is 1. The number of carbonyl (C=O) groups is 1. The van der Waals surface area contributed by atoms with E-state index in [-0.39, 0.29) is 19.0 Å². The van der Waals surface area contributed by atoms with Crippen LogP contribution in [-0.4, -0.2) is 49.7 Å². The van der Waals surface area contributed by atoms with E-state index in [2.05, 4.69) is 0 Å². The Kier molecular flexibility index (Phi) is 5.18. The van der Waals surface area contributed by atoms with Crippen molar-refractivity contribution in [2.45, 2.75) is 39.5 Å². The third kappa shape index (κ3) is 3.53. The van der Waals surface area contributed by atoms with Crippen LogP contribution in [0.25, 0.3) is 0 Å². The molecule has 1 aromatic carbocycles. The zero-order chi connectivity index (χ0) is 19.9. The lowest BCUT2D eigenvalue weighted by molar-refractivity contribution is 0.0664. The molecule has 0 N–H and O–H groups in total. The Balaban J connectivity index is 1.81. The van der Waals surface area contributed by atoms with Gasteiger partial charge < -0.3 is 9.32 Å². The number of aryl methyl sites for hydroxylation is 3. The van der Waals surface area contributed by atoms with Crippen molar-refractivity contribution in [2.24, 2.45) is 0 Å². The van der Waals surface area contributed by atoms with Crippen LogP contribution in [0.5, 0.6) is 0 Å². The molecule has 2 aromatic rings. The van der Waals surface area contributed by atoms with Crippen LogP contribution in [0.1, 0.15) is 38.6 Å². The second kappa shape index (κ2) is 7.13. The zero-order valence-corrected chi connectivity index (χ0v) is 17.3. The molecule has 0 bridgehead atoms. The van der Waals surface area contributed by atoms with Gasteiger partial charge in [0.1, 0.15) is 5.76 Å². The van der Waals surface area contributed by atoms with Gasteiger partial charge in [0.2, 0.25) is 10.0 Å². The minimum absolute atomic E-state index is 0.195. The maximum Gasteiger partial charge on any atom is 0.289 e. The summed E-state index contributed by atoms with van der Waals surface area (Å²) in [5.41, 5.74) is 3.53. The first-order chi connectivity index (χ1) is 12.6. The summed E-state index contributed by atoms with van der Waals surface area (Å²) in [6.07, 6.45) is 0. The summed E-state index contributed by atoms with van der Waals surface area (Å²) in [6, 6.07) is 5.42. The van der Waals surface area contributed by atoms with E-state index in [9.17, 15) is 13.2 Å².